The largest absolute Gasteiger partial charge is 0.484 e. The second-order valence-electron chi connectivity index (χ2n) is 6.26. The van der Waals surface area contributed by atoms with Crippen LogP contribution in [0.1, 0.15) is 43.5 Å². The number of piperidine rings is 1. The number of likely N-dealkylation sites (N-methyl/N-ethyl adjacent to an activating group) is 1. The number of ketones is 1. The van der Waals surface area contributed by atoms with Gasteiger partial charge in [0.1, 0.15) is 5.75 Å². The molecule has 1 aliphatic rings. The van der Waals surface area contributed by atoms with Crippen LogP contribution in [0.5, 0.6) is 5.75 Å². The number of rotatable bonds is 7. The Morgan fingerprint density at radius 3 is 2.33 bits per heavy atom. The number of carbonyl (C=O) groups is 2. The van der Waals surface area contributed by atoms with Gasteiger partial charge in [-0.25, -0.2) is 0 Å². The van der Waals surface area contributed by atoms with Gasteiger partial charge in [0.2, 0.25) is 0 Å². The first-order valence-electron chi connectivity index (χ1n) is 8.79. The van der Waals surface area contributed by atoms with E-state index >= 15 is 0 Å². The average Bonchev–Trinajstić information content (AvgIpc) is 2.65. The van der Waals surface area contributed by atoms with E-state index in [1.807, 2.05) is 18.9 Å². The van der Waals surface area contributed by atoms with Gasteiger partial charge < -0.3 is 14.5 Å². The smallest absolute Gasteiger partial charge is 0.260 e. The molecule has 0 bridgehead atoms. The second kappa shape index (κ2) is 8.83. The lowest BCUT2D eigenvalue weighted by Gasteiger charge is -2.36. The second-order valence-corrected chi connectivity index (χ2v) is 6.26. The van der Waals surface area contributed by atoms with Crippen LogP contribution < -0.4 is 4.74 Å². The molecule has 0 spiro atoms. The van der Waals surface area contributed by atoms with Crippen molar-refractivity contribution in [3.8, 4) is 5.75 Å². The highest BCUT2D eigenvalue weighted by Gasteiger charge is 2.24. The molecule has 0 unspecified atom stereocenters. The van der Waals surface area contributed by atoms with Gasteiger partial charge in [-0.2, -0.15) is 0 Å². The third-order valence-electron chi connectivity index (χ3n) is 4.81. The summed E-state index contributed by atoms with van der Waals surface area (Å²) in [6.07, 6.45) is 2.52. The zero-order valence-corrected chi connectivity index (χ0v) is 15.0. The Kier molecular flexibility index (Phi) is 6.79. The van der Waals surface area contributed by atoms with Crippen LogP contribution in [0.25, 0.3) is 0 Å². The summed E-state index contributed by atoms with van der Waals surface area (Å²) in [5.41, 5.74) is 0.677. The Bertz CT molecular complexity index is 548. The standard InChI is InChI=1S/C19H28N2O3/c1-4-18(22)15-6-8-17(9-7-15)24-14-19(23)20(3)16-10-12-21(5-2)13-11-16/h6-9,16H,4-5,10-14H2,1-3H3. The van der Waals surface area contributed by atoms with Crippen molar-refractivity contribution in [3.05, 3.63) is 29.8 Å². The molecule has 132 valence electrons. The van der Waals surface area contributed by atoms with E-state index in [2.05, 4.69) is 11.8 Å². The summed E-state index contributed by atoms with van der Waals surface area (Å²) in [5.74, 6) is 0.722. The summed E-state index contributed by atoms with van der Waals surface area (Å²) in [5, 5.41) is 0. The molecule has 24 heavy (non-hydrogen) atoms. The summed E-state index contributed by atoms with van der Waals surface area (Å²) in [6, 6.07) is 7.28. The van der Waals surface area contributed by atoms with Crippen LogP contribution in [-0.2, 0) is 4.79 Å². The number of benzene rings is 1. The summed E-state index contributed by atoms with van der Waals surface area (Å²) in [6.45, 7) is 7.21. The monoisotopic (exact) mass is 332 g/mol. The quantitative estimate of drug-likeness (QED) is 0.720. The molecule has 1 saturated heterocycles. The van der Waals surface area contributed by atoms with Crippen LogP contribution in [0.3, 0.4) is 0 Å². The molecule has 0 N–H and O–H groups in total. The fourth-order valence-corrected chi connectivity index (χ4v) is 3.01. The number of hydrogen-bond donors (Lipinski definition) is 0. The molecule has 1 heterocycles. The molecular formula is C19H28N2O3. The number of Topliss-reactive ketones (excluding diaryl/α,β-unsaturated/α-hetero) is 1. The minimum absolute atomic E-state index is 0.00124. The molecule has 1 aliphatic heterocycles. The van der Waals surface area contributed by atoms with E-state index in [-0.39, 0.29) is 18.3 Å². The fraction of sp³-hybridized carbons (Fsp3) is 0.579. The molecule has 0 aromatic heterocycles. The minimum atomic E-state index is -0.00124. The molecular weight excluding hydrogens is 304 g/mol. The maximum atomic E-state index is 12.3. The van der Waals surface area contributed by atoms with Gasteiger partial charge in [0.15, 0.2) is 12.4 Å². The van der Waals surface area contributed by atoms with Gasteiger partial charge in [0.05, 0.1) is 0 Å². The average molecular weight is 332 g/mol. The van der Waals surface area contributed by atoms with Crippen LogP contribution >= 0.6 is 0 Å². The molecule has 0 saturated carbocycles. The third-order valence-corrected chi connectivity index (χ3v) is 4.81. The molecule has 1 aromatic rings. The molecule has 0 radical (unpaired) electrons. The predicted molar refractivity (Wildman–Crippen MR) is 94.5 cm³/mol. The van der Waals surface area contributed by atoms with Crippen molar-refractivity contribution < 1.29 is 14.3 Å². The summed E-state index contributed by atoms with van der Waals surface area (Å²) in [4.78, 5) is 28.1. The minimum Gasteiger partial charge on any atom is -0.484 e. The van der Waals surface area contributed by atoms with Crippen molar-refractivity contribution in [2.75, 3.05) is 33.3 Å². The molecule has 0 atom stereocenters. The fourth-order valence-electron chi connectivity index (χ4n) is 3.01. The van der Waals surface area contributed by atoms with Gasteiger partial charge >= 0.3 is 0 Å². The third kappa shape index (κ3) is 4.81. The highest BCUT2D eigenvalue weighted by molar-refractivity contribution is 5.95. The van der Waals surface area contributed by atoms with Gasteiger partial charge in [-0.3, -0.25) is 9.59 Å². The van der Waals surface area contributed by atoms with E-state index in [1.165, 1.54) is 0 Å². The topological polar surface area (TPSA) is 49.9 Å². The number of hydrogen-bond acceptors (Lipinski definition) is 4. The lowest BCUT2D eigenvalue weighted by Crippen LogP contribution is -2.46. The zero-order valence-electron chi connectivity index (χ0n) is 15.0. The highest BCUT2D eigenvalue weighted by Crippen LogP contribution is 2.17. The predicted octanol–water partition coefficient (Wildman–Crippen LogP) is 2.60. The first-order valence-corrected chi connectivity index (χ1v) is 8.79. The van der Waals surface area contributed by atoms with E-state index in [9.17, 15) is 9.59 Å². The van der Waals surface area contributed by atoms with Gasteiger partial charge in [0.25, 0.3) is 5.91 Å². The van der Waals surface area contributed by atoms with E-state index in [1.54, 1.807) is 24.3 Å². The number of ether oxygens (including phenoxy) is 1. The Hall–Kier alpha value is -1.88. The number of likely N-dealkylation sites (tertiary alicyclic amines) is 1. The highest BCUT2D eigenvalue weighted by atomic mass is 16.5. The molecule has 1 aromatic carbocycles. The Balaban J connectivity index is 1.81. The normalized spacial score (nSPS) is 16.0. The first-order chi connectivity index (χ1) is 11.5. The maximum absolute atomic E-state index is 12.3. The van der Waals surface area contributed by atoms with Gasteiger partial charge in [-0.05, 0) is 43.7 Å². The molecule has 1 amide bonds. The molecule has 2 rings (SSSR count). The zero-order chi connectivity index (χ0) is 17.5. The molecule has 1 fully saturated rings. The lowest BCUT2D eigenvalue weighted by atomic mass is 10.0. The van der Waals surface area contributed by atoms with Crippen LogP contribution in [0.4, 0.5) is 0 Å². The first kappa shape index (κ1) is 18.5. The van der Waals surface area contributed by atoms with Crippen molar-refractivity contribution in [2.24, 2.45) is 0 Å². The number of carbonyl (C=O) groups excluding carboxylic acids is 2. The summed E-state index contributed by atoms with van der Waals surface area (Å²) in [7, 11) is 1.86. The molecule has 5 nitrogen and oxygen atoms in total. The number of amides is 1. The van der Waals surface area contributed by atoms with Crippen molar-refractivity contribution in [3.63, 3.8) is 0 Å². The van der Waals surface area contributed by atoms with Crippen molar-refractivity contribution >= 4 is 11.7 Å². The van der Waals surface area contributed by atoms with Crippen molar-refractivity contribution in [1.29, 1.82) is 0 Å². The van der Waals surface area contributed by atoms with Gasteiger partial charge in [0, 0.05) is 38.2 Å². The van der Waals surface area contributed by atoms with Gasteiger partial charge in [-0.15, -0.1) is 0 Å². The van der Waals surface area contributed by atoms with E-state index < -0.39 is 0 Å². The van der Waals surface area contributed by atoms with Crippen molar-refractivity contribution in [2.45, 2.75) is 39.2 Å². The van der Waals surface area contributed by atoms with E-state index in [0.717, 1.165) is 32.5 Å². The summed E-state index contributed by atoms with van der Waals surface area (Å²) < 4.78 is 5.58. The molecule has 5 heteroatoms. The molecule has 0 aliphatic carbocycles. The lowest BCUT2D eigenvalue weighted by molar-refractivity contribution is -0.135. The van der Waals surface area contributed by atoms with E-state index in [0.29, 0.717) is 23.8 Å². The van der Waals surface area contributed by atoms with Crippen LogP contribution in [-0.4, -0.2) is 60.8 Å². The Morgan fingerprint density at radius 1 is 1.17 bits per heavy atom. The van der Waals surface area contributed by atoms with Crippen molar-refractivity contribution in [1.82, 2.24) is 9.80 Å². The SMILES string of the molecule is CCC(=O)c1ccc(OCC(=O)N(C)C2CCN(CC)CC2)cc1. The Labute approximate surface area is 144 Å². The van der Waals surface area contributed by atoms with Crippen LogP contribution in [0.2, 0.25) is 0 Å². The number of nitrogens with zero attached hydrogens (tertiary/aromatic N) is 2. The van der Waals surface area contributed by atoms with Crippen LogP contribution in [0, 0.1) is 0 Å². The van der Waals surface area contributed by atoms with Gasteiger partial charge in [-0.1, -0.05) is 13.8 Å². The Morgan fingerprint density at radius 2 is 1.79 bits per heavy atom. The van der Waals surface area contributed by atoms with Crippen LogP contribution in [0.15, 0.2) is 24.3 Å². The van der Waals surface area contributed by atoms with E-state index in [4.69, 9.17) is 4.74 Å². The maximum Gasteiger partial charge on any atom is 0.260 e. The summed E-state index contributed by atoms with van der Waals surface area (Å²) >= 11 is 0.